The molecule has 0 radical (unpaired) electrons. The molecule has 1 N–H and O–H groups in total. The lowest BCUT2D eigenvalue weighted by Gasteiger charge is -2.16. The first-order chi connectivity index (χ1) is 7.67. The van der Waals surface area contributed by atoms with Crippen molar-refractivity contribution in [2.75, 3.05) is 13.2 Å². The zero-order chi connectivity index (χ0) is 12.0. The van der Waals surface area contributed by atoms with Crippen LogP contribution in [-0.4, -0.2) is 19.2 Å². The average Bonchev–Trinajstić information content (AvgIpc) is 2.26. The lowest BCUT2D eigenvalue weighted by molar-refractivity contribution is 0.251. The molecule has 0 aliphatic heterocycles. The van der Waals surface area contributed by atoms with Crippen LogP contribution < -0.4 is 10.1 Å². The van der Waals surface area contributed by atoms with Crippen molar-refractivity contribution >= 4 is 0 Å². The number of likely N-dealkylation sites (N-methyl/N-ethyl adjacent to an activating group) is 1. The first-order valence-corrected chi connectivity index (χ1v) is 5.48. The third kappa shape index (κ3) is 3.77. The van der Waals surface area contributed by atoms with Crippen LogP contribution in [0.2, 0.25) is 0 Å². The molecule has 0 fully saturated rings. The van der Waals surface area contributed by atoms with Crippen molar-refractivity contribution in [2.45, 2.75) is 26.3 Å². The van der Waals surface area contributed by atoms with Crippen LogP contribution in [0.1, 0.15) is 20.3 Å². The SMILES string of the molecule is CCNC(CC)COc1ccc(F)cc1F. The molecule has 0 spiro atoms. The number of halogens is 2. The predicted molar refractivity (Wildman–Crippen MR) is 59.6 cm³/mol. The highest BCUT2D eigenvalue weighted by atomic mass is 19.1. The highest BCUT2D eigenvalue weighted by molar-refractivity contribution is 5.24. The van der Waals surface area contributed by atoms with E-state index in [1.54, 1.807) is 0 Å². The Balaban J connectivity index is 2.53. The van der Waals surface area contributed by atoms with Crippen LogP contribution in [0.5, 0.6) is 5.75 Å². The molecular formula is C12H17F2NO. The van der Waals surface area contributed by atoms with Crippen LogP contribution in [0, 0.1) is 11.6 Å². The molecule has 2 nitrogen and oxygen atoms in total. The Hall–Kier alpha value is -1.16. The van der Waals surface area contributed by atoms with Crippen LogP contribution in [0.4, 0.5) is 8.78 Å². The molecule has 1 aromatic carbocycles. The maximum absolute atomic E-state index is 13.2. The lowest BCUT2D eigenvalue weighted by Crippen LogP contribution is -2.33. The van der Waals surface area contributed by atoms with Gasteiger partial charge in [0.25, 0.3) is 0 Å². The Bertz CT molecular complexity index is 331. The number of nitrogens with one attached hydrogen (secondary N) is 1. The highest BCUT2D eigenvalue weighted by Crippen LogP contribution is 2.17. The molecule has 0 saturated heterocycles. The topological polar surface area (TPSA) is 21.3 Å². The van der Waals surface area contributed by atoms with E-state index >= 15 is 0 Å². The van der Waals surface area contributed by atoms with E-state index in [0.29, 0.717) is 6.61 Å². The summed E-state index contributed by atoms with van der Waals surface area (Å²) in [5, 5.41) is 3.21. The monoisotopic (exact) mass is 229 g/mol. The van der Waals surface area contributed by atoms with Gasteiger partial charge in [0.15, 0.2) is 11.6 Å². The summed E-state index contributed by atoms with van der Waals surface area (Å²) in [6, 6.07) is 3.51. The maximum atomic E-state index is 13.2. The minimum Gasteiger partial charge on any atom is -0.489 e. The van der Waals surface area contributed by atoms with Crippen molar-refractivity contribution in [3.63, 3.8) is 0 Å². The maximum Gasteiger partial charge on any atom is 0.167 e. The van der Waals surface area contributed by atoms with Gasteiger partial charge in [0.2, 0.25) is 0 Å². The summed E-state index contributed by atoms with van der Waals surface area (Å²) in [4.78, 5) is 0. The van der Waals surface area contributed by atoms with Gasteiger partial charge in [0.05, 0.1) is 0 Å². The van der Waals surface area contributed by atoms with Crippen LogP contribution >= 0.6 is 0 Å². The molecule has 16 heavy (non-hydrogen) atoms. The molecule has 0 aliphatic rings. The second-order valence-electron chi connectivity index (χ2n) is 3.55. The Morgan fingerprint density at radius 2 is 2.06 bits per heavy atom. The minimum atomic E-state index is -0.661. The molecule has 0 heterocycles. The Kier molecular flexibility index (Phi) is 5.19. The smallest absolute Gasteiger partial charge is 0.167 e. The normalized spacial score (nSPS) is 12.5. The Labute approximate surface area is 94.6 Å². The second kappa shape index (κ2) is 6.43. The van der Waals surface area contributed by atoms with Gasteiger partial charge in [-0.15, -0.1) is 0 Å². The van der Waals surface area contributed by atoms with Crippen molar-refractivity contribution in [3.8, 4) is 5.75 Å². The van der Waals surface area contributed by atoms with Crippen LogP contribution in [-0.2, 0) is 0 Å². The van der Waals surface area contributed by atoms with Crippen LogP contribution in [0.15, 0.2) is 18.2 Å². The number of rotatable bonds is 6. The Morgan fingerprint density at radius 1 is 1.31 bits per heavy atom. The predicted octanol–water partition coefficient (Wildman–Crippen LogP) is 2.73. The molecule has 4 heteroatoms. The van der Waals surface area contributed by atoms with Crippen molar-refractivity contribution in [1.29, 1.82) is 0 Å². The fraction of sp³-hybridized carbons (Fsp3) is 0.500. The molecule has 1 rings (SSSR count). The summed E-state index contributed by atoms with van der Waals surface area (Å²) < 4.78 is 31.1. The van der Waals surface area contributed by atoms with E-state index < -0.39 is 11.6 Å². The van der Waals surface area contributed by atoms with Gasteiger partial charge >= 0.3 is 0 Å². The van der Waals surface area contributed by atoms with Gasteiger partial charge in [-0.3, -0.25) is 0 Å². The number of ether oxygens (including phenoxy) is 1. The van der Waals surface area contributed by atoms with Gasteiger partial charge in [-0.25, -0.2) is 8.78 Å². The molecular weight excluding hydrogens is 212 g/mol. The molecule has 90 valence electrons. The number of hydrogen-bond donors (Lipinski definition) is 1. The summed E-state index contributed by atoms with van der Waals surface area (Å²) in [5.74, 6) is -1.16. The summed E-state index contributed by atoms with van der Waals surface area (Å²) in [6.07, 6.45) is 0.899. The zero-order valence-corrected chi connectivity index (χ0v) is 9.59. The van der Waals surface area contributed by atoms with E-state index in [2.05, 4.69) is 5.32 Å². The third-order valence-electron chi connectivity index (χ3n) is 2.32. The van der Waals surface area contributed by atoms with E-state index in [0.717, 1.165) is 19.0 Å². The Morgan fingerprint density at radius 3 is 2.62 bits per heavy atom. The van der Waals surface area contributed by atoms with E-state index in [1.165, 1.54) is 12.1 Å². The molecule has 0 amide bonds. The van der Waals surface area contributed by atoms with E-state index in [9.17, 15) is 8.78 Å². The van der Waals surface area contributed by atoms with Crippen LogP contribution in [0.25, 0.3) is 0 Å². The third-order valence-corrected chi connectivity index (χ3v) is 2.32. The van der Waals surface area contributed by atoms with E-state index in [-0.39, 0.29) is 11.8 Å². The fourth-order valence-electron chi connectivity index (χ4n) is 1.39. The largest absolute Gasteiger partial charge is 0.489 e. The van der Waals surface area contributed by atoms with Gasteiger partial charge in [-0.05, 0) is 25.1 Å². The lowest BCUT2D eigenvalue weighted by atomic mass is 10.2. The molecule has 0 aromatic heterocycles. The second-order valence-corrected chi connectivity index (χ2v) is 3.55. The van der Waals surface area contributed by atoms with Crippen molar-refractivity contribution < 1.29 is 13.5 Å². The van der Waals surface area contributed by atoms with Crippen molar-refractivity contribution in [1.82, 2.24) is 5.32 Å². The average molecular weight is 229 g/mol. The molecule has 0 aliphatic carbocycles. The van der Waals surface area contributed by atoms with Gasteiger partial charge < -0.3 is 10.1 Å². The highest BCUT2D eigenvalue weighted by Gasteiger charge is 2.08. The molecule has 1 unspecified atom stereocenters. The van der Waals surface area contributed by atoms with Gasteiger partial charge in [-0.1, -0.05) is 13.8 Å². The summed E-state index contributed by atoms with van der Waals surface area (Å²) >= 11 is 0. The van der Waals surface area contributed by atoms with Crippen molar-refractivity contribution in [2.24, 2.45) is 0 Å². The number of hydrogen-bond acceptors (Lipinski definition) is 2. The van der Waals surface area contributed by atoms with E-state index in [4.69, 9.17) is 4.74 Å². The quantitative estimate of drug-likeness (QED) is 0.809. The van der Waals surface area contributed by atoms with Gasteiger partial charge in [0.1, 0.15) is 12.4 Å². The first-order valence-electron chi connectivity index (χ1n) is 5.48. The first kappa shape index (κ1) is 12.9. The molecule has 0 bridgehead atoms. The minimum absolute atomic E-state index is 0.0951. The summed E-state index contributed by atoms with van der Waals surface area (Å²) in [7, 11) is 0. The molecule has 0 saturated carbocycles. The zero-order valence-electron chi connectivity index (χ0n) is 9.59. The van der Waals surface area contributed by atoms with Gasteiger partial charge in [0, 0.05) is 12.1 Å². The van der Waals surface area contributed by atoms with Crippen molar-refractivity contribution in [3.05, 3.63) is 29.8 Å². The van der Waals surface area contributed by atoms with E-state index in [1.807, 2.05) is 13.8 Å². The fourth-order valence-corrected chi connectivity index (χ4v) is 1.39. The van der Waals surface area contributed by atoms with Gasteiger partial charge in [-0.2, -0.15) is 0 Å². The molecule has 1 atom stereocenters. The summed E-state index contributed by atoms with van der Waals surface area (Å²) in [6.45, 7) is 5.25. The summed E-state index contributed by atoms with van der Waals surface area (Å²) in [5.41, 5.74) is 0. The molecule has 1 aromatic rings. The van der Waals surface area contributed by atoms with Crippen LogP contribution in [0.3, 0.4) is 0 Å². The standard InChI is InChI=1S/C12H17F2NO/c1-3-10(15-4-2)8-16-12-6-5-9(13)7-11(12)14/h5-7,10,15H,3-4,8H2,1-2H3. The number of benzene rings is 1.